The second kappa shape index (κ2) is 10.2. The van der Waals surface area contributed by atoms with Crippen LogP contribution in [0, 0.1) is 0 Å². The zero-order valence-corrected chi connectivity index (χ0v) is 30.3. The number of nitrogens with zero attached hydrogens (tertiary/aromatic N) is 2. The van der Waals surface area contributed by atoms with Crippen LogP contribution in [0.4, 0.5) is 34.1 Å². The molecule has 2 nitrogen and oxygen atoms in total. The highest BCUT2D eigenvalue weighted by atomic mass is 15.2. The Labute approximate surface area is 301 Å². The second-order valence-corrected chi connectivity index (χ2v) is 16.2. The highest BCUT2D eigenvalue weighted by Gasteiger charge is 2.43. The Hall–Kier alpha value is -5.60. The number of rotatable bonds is 2. The van der Waals surface area contributed by atoms with Crippen LogP contribution in [0.3, 0.4) is 0 Å². The molecule has 0 radical (unpaired) electrons. The molecular formula is C49H42N2. The van der Waals surface area contributed by atoms with E-state index in [9.17, 15) is 0 Å². The van der Waals surface area contributed by atoms with Crippen LogP contribution >= 0.6 is 0 Å². The smallest absolute Gasteiger partial charge is 0.0541 e. The average Bonchev–Trinajstić information content (AvgIpc) is 3.37. The van der Waals surface area contributed by atoms with Gasteiger partial charge in [-0.25, -0.2) is 0 Å². The molecule has 0 amide bonds. The number of benzene rings is 7. The summed E-state index contributed by atoms with van der Waals surface area (Å²) in [6, 6.07) is 54.7. The number of anilines is 6. The summed E-state index contributed by atoms with van der Waals surface area (Å²) in [5.74, 6) is 0. The molecular weight excluding hydrogens is 617 g/mol. The summed E-state index contributed by atoms with van der Waals surface area (Å²) in [5.41, 5.74) is 18.0. The van der Waals surface area contributed by atoms with Crippen LogP contribution in [0.5, 0.6) is 0 Å². The lowest BCUT2D eigenvalue weighted by atomic mass is 9.71. The maximum Gasteiger partial charge on any atom is 0.0541 e. The third-order valence-electron chi connectivity index (χ3n) is 12.4. The van der Waals surface area contributed by atoms with E-state index < -0.39 is 0 Å². The van der Waals surface area contributed by atoms with Crippen molar-refractivity contribution in [2.45, 2.75) is 57.8 Å². The lowest BCUT2D eigenvalue weighted by molar-refractivity contribution is 0.620. The first-order chi connectivity index (χ1) is 24.6. The van der Waals surface area contributed by atoms with Gasteiger partial charge in [0.05, 0.1) is 34.1 Å². The molecule has 2 aliphatic heterocycles. The molecule has 10 rings (SSSR count). The van der Waals surface area contributed by atoms with E-state index in [0.717, 1.165) is 0 Å². The minimum atomic E-state index is -0.175. The number of hydrogen-bond acceptors (Lipinski definition) is 2. The van der Waals surface area contributed by atoms with Crippen LogP contribution in [0.15, 0.2) is 146 Å². The predicted octanol–water partition coefficient (Wildman–Crippen LogP) is 13.4. The number of fused-ring (bicyclic) bond motifs is 8. The molecule has 51 heavy (non-hydrogen) atoms. The minimum absolute atomic E-state index is 0.0667. The molecule has 0 spiro atoms. The molecule has 0 fully saturated rings. The Kier molecular flexibility index (Phi) is 6.07. The highest BCUT2D eigenvalue weighted by molar-refractivity contribution is 6.08. The van der Waals surface area contributed by atoms with Gasteiger partial charge in [-0.15, -0.1) is 0 Å². The third kappa shape index (κ3) is 3.94. The van der Waals surface area contributed by atoms with Gasteiger partial charge in [0.1, 0.15) is 0 Å². The minimum Gasteiger partial charge on any atom is -0.309 e. The third-order valence-corrected chi connectivity index (χ3v) is 12.4. The molecule has 0 saturated heterocycles. The van der Waals surface area contributed by atoms with Crippen molar-refractivity contribution in [2.75, 3.05) is 9.80 Å². The Balaban J connectivity index is 1.24. The summed E-state index contributed by atoms with van der Waals surface area (Å²) >= 11 is 0. The van der Waals surface area contributed by atoms with E-state index in [2.05, 4.69) is 197 Å². The second-order valence-electron chi connectivity index (χ2n) is 16.2. The van der Waals surface area contributed by atoms with E-state index in [4.69, 9.17) is 0 Å². The van der Waals surface area contributed by atoms with Gasteiger partial charge in [-0.2, -0.15) is 0 Å². The summed E-state index contributed by atoms with van der Waals surface area (Å²) in [5, 5.41) is 2.47. The first-order valence-electron chi connectivity index (χ1n) is 18.3. The van der Waals surface area contributed by atoms with E-state index in [1.54, 1.807) is 0 Å². The molecule has 0 N–H and O–H groups in total. The summed E-state index contributed by atoms with van der Waals surface area (Å²) < 4.78 is 0. The van der Waals surface area contributed by atoms with Gasteiger partial charge in [-0.05, 0) is 80.9 Å². The zero-order valence-electron chi connectivity index (χ0n) is 30.3. The van der Waals surface area contributed by atoms with E-state index >= 15 is 0 Å². The van der Waals surface area contributed by atoms with Crippen molar-refractivity contribution in [3.8, 4) is 11.1 Å². The first kappa shape index (κ1) is 30.2. The maximum atomic E-state index is 2.55. The molecule has 1 aliphatic carbocycles. The van der Waals surface area contributed by atoms with Crippen molar-refractivity contribution in [1.29, 1.82) is 0 Å². The quantitative estimate of drug-likeness (QED) is 0.182. The largest absolute Gasteiger partial charge is 0.309 e. The molecule has 2 heterocycles. The molecule has 3 aliphatic rings. The summed E-state index contributed by atoms with van der Waals surface area (Å²) in [4.78, 5) is 5.05. The highest BCUT2D eigenvalue weighted by Crippen LogP contribution is 2.59. The van der Waals surface area contributed by atoms with Gasteiger partial charge in [0.15, 0.2) is 0 Å². The Morgan fingerprint density at radius 3 is 1.22 bits per heavy atom. The monoisotopic (exact) mass is 658 g/mol. The lowest BCUT2D eigenvalue weighted by Crippen LogP contribution is -2.31. The SMILES string of the molecule is CC1(C)c2ccccc2-c2cc3c(cc21)C(C)(C)c1ccccc1N3c1cccc2c(N3c4ccccc4C(C)(C)c4ccccc43)cccc12. The molecule has 2 heteroatoms. The van der Waals surface area contributed by atoms with Crippen LogP contribution in [0.25, 0.3) is 21.9 Å². The van der Waals surface area contributed by atoms with Crippen molar-refractivity contribution in [2.24, 2.45) is 0 Å². The number of para-hydroxylation sites is 3. The maximum absolute atomic E-state index is 2.55. The van der Waals surface area contributed by atoms with Crippen LogP contribution in [0.1, 0.15) is 74.9 Å². The van der Waals surface area contributed by atoms with Crippen molar-refractivity contribution in [3.63, 3.8) is 0 Å². The van der Waals surface area contributed by atoms with E-state index in [1.807, 2.05) is 0 Å². The fourth-order valence-corrected chi connectivity index (χ4v) is 9.75. The van der Waals surface area contributed by atoms with Crippen molar-refractivity contribution >= 4 is 44.9 Å². The fourth-order valence-electron chi connectivity index (χ4n) is 9.75. The Morgan fingerprint density at radius 1 is 0.294 bits per heavy atom. The molecule has 7 aromatic carbocycles. The van der Waals surface area contributed by atoms with Gasteiger partial charge in [0.2, 0.25) is 0 Å². The van der Waals surface area contributed by atoms with Crippen LogP contribution in [-0.4, -0.2) is 0 Å². The van der Waals surface area contributed by atoms with Gasteiger partial charge < -0.3 is 9.80 Å². The van der Waals surface area contributed by atoms with Crippen LogP contribution in [-0.2, 0) is 16.2 Å². The zero-order chi connectivity index (χ0) is 34.9. The van der Waals surface area contributed by atoms with Crippen LogP contribution in [0.2, 0.25) is 0 Å². The normalized spacial score (nSPS) is 16.8. The summed E-state index contributed by atoms with van der Waals surface area (Å²) in [6.45, 7) is 14.3. The first-order valence-corrected chi connectivity index (χ1v) is 18.3. The molecule has 7 aromatic rings. The molecule has 0 atom stereocenters. The van der Waals surface area contributed by atoms with E-state index in [-0.39, 0.29) is 16.2 Å². The van der Waals surface area contributed by atoms with Gasteiger partial charge in [-0.3, -0.25) is 0 Å². The summed E-state index contributed by atoms with van der Waals surface area (Å²) in [6.07, 6.45) is 0. The van der Waals surface area contributed by atoms with Crippen LogP contribution < -0.4 is 9.80 Å². The predicted molar refractivity (Wildman–Crippen MR) is 215 cm³/mol. The van der Waals surface area contributed by atoms with Gasteiger partial charge in [0.25, 0.3) is 0 Å². The molecule has 0 saturated carbocycles. The standard InChI is InChI=1S/C49H42N2/c1-47(2)35-20-8-7-17-31(35)34-29-46-40(30-39(34)47)49(5,6)38-23-11-14-26-45(38)51(46)42-28-16-18-32-33(42)19-15-27-41(32)50-43-24-12-9-21-36(43)48(3,4)37-22-10-13-25-44(37)50/h7-30H,1-6H3. The summed E-state index contributed by atoms with van der Waals surface area (Å²) in [7, 11) is 0. The van der Waals surface area contributed by atoms with Gasteiger partial charge in [0, 0.05) is 27.0 Å². The van der Waals surface area contributed by atoms with Gasteiger partial charge >= 0.3 is 0 Å². The van der Waals surface area contributed by atoms with E-state index in [1.165, 1.54) is 89.4 Å². The number of hydrogen-bond donors (Lipinski definition) is 0. The molecule has 0 aromatic heterocycles. The topological polar surface area (TPSA) is 6.48 Å². The Morgan fingerprint density at radius 2 is 0.686 bits per heavy atom. The Bertz CT molecular complexity index is 2540. The van der Waals surface area contributed by atoms with Crippen molar-refractivity contribution in [3.05, 3.63) is 179 Å². The molecule has 0 bridgehead atoms. The van der Waals surface area contributed by atoms with E-state index in [0.29, 0.717) is 0 Å². The fraction of sp³-hybridized carbons (Fsp3) is 0.184. The van der Waals surface area contributed by atoms with Crippen molar-refractivity contribution in [1.82, 2.24) is 0 Å². The average molecular weight is 659 g/mol. The molecule has 248 valence electrons. The lowest BCUT2D eigenvalue weighted by Gasteiger charge is -2.43. The van der Waals surface area contributed by atoms with Crippen molar-refractivity contribution < 1.29 is 0 Å². The molecule has 0 unspecified atom stereocenters. The van der Waals surface area contributed by atoms with Gasteiger partial charge in [-0.1, -0.05) is 151 Å².